The van der Waals surface area contributed by atoms with Crippen molar-refractivity contribution >= 4 is 5.69 Å². The van der Waals surface area contributed by atoms with Crippen LogP contribution >= 0.6 is 0 Å². The SMILES string of the molecule is O=c1cc(NC2CC2)cnn1CC(O)CO. The molecule has 1 atom stereocenters. The van der Waals surface area contributed by atoms with Gasteiger partial charge in [0.25, 0.3) is 5.56 Å². The van der Waals surface area contributed by atoms with Crippen molar-refractivity contribution < 1.29 is 10.2 Å². The molecule has 0 aliphatic heterocycles. The molecular weight excluding hydrogens is 210 g/mol. The summed E-state index contributed by atoms with van der Waals surface area (Å²) in [5.74, 6) is 0. The van der Waals surface area contributed by atoms with E-state index < -0.39 is 6.10 Å². The number of hydrogen-bond donors (Lipinski definition) is 3. The fraction of sp³-hybridized carbons (Fsp3) is 0.600. The zero-order valence-corrected chi connectivity index (χ0v) is 8.83. The predicted molar refractivity (Wildman–Crippen MR) is 58.2 cm³/mol. The van der Waals surface area contributed by atoms with Gasteiger partial charge in [-0.15, -0.1) is 0 Å². The van der Waals surface area contributed by atoms with Gasteiger partial charge in [0.2, 0.25) is 0 Å². The van der Waals surface area contributed by atoms with E-state index in [9.17, 15) is 9.90 Å². The highest BCUT2D eigenvalue weighted by Gasteiger charge is 2.21. The Morgan fingerprint density at radius 1 is 1.62 bits per heavy atom. The van der Waals surface area contributed by atoms with Gasteiger partial charge in [0.1, 0.15) is 0 Å². The molecule has 3 N–H and O–H groups in total. The van der Waals surface area contributed by atoms with Gasteiger partial charge in [0.05, 0.1) is 31.1 Å². The van der Waals surface area contributed by atoms with E-state index in [0.717, 1.165) is 17.5 Å². The van der Waals surface area contributed by atoms with Crippen molar-refractivity contribution in [2.24, 2.45) is 0 Å². The molecule has 6 heteroatoms. The fourth-order valence-electron chi connectivity index (χ4n) is 1.37. The number of hydrogen-bond acceptors (Lipinski definition) is 5. The van der Waals surface area contributed by atoms with Crippen LogP contribution in [0.4, 0.5) is 5.69 Å². The van der Waals surface area contributed by atoms with Crippen LogP contribution in [0.2, 0.25) is 0 Å². The summed E-state index contributed by atoms with van der Waals surface area (Å²) in [4.78, 5) is 11.6. The Kier molecular flexibility index (Phi) is 3.21. The maximum absolute atomic E-state index is 11.6. The largest absolute Gasteiger partial charge is 0.394 e. The van der Waals surface area contributed by atoms with Crippen molar-refractivity contribution in [3.05, 3.63) is 22.6 Å². The summed E-state index contributed by atoms with van der Waals surface area (Å²) in [5, 5.41) is 24.9. The molecule has 1 aliphatic carbocycles. The first kappa shape index (κ1) is 11.1. The van der Waals surface area contributed by atoms with E-state index in [1.165, 1.54) is 6.07 Å². The van der Waals surface area contributed by atoms with Crippen molar-refractivity contribution in [3.8, 4) is 0 Å². The highest BCUT2D eigenvalue weighted by Crippen LogP contribution is 2.23. The lowest BCUT2D eigenvalue weighted by molar-refractivity contribution is 0.0770. The Bertz CT molecular complexity index is 414. The Hall–Kier alpha value is -1.40. The summed E-state index contributed by atoms with van der Waals surface area (Å²) in [6.07, 6.45) is 2.87. The molecule has 1 unspecified atom stereocenters. The van der Waals surface area contributed by atoms with Gasteiger partial charge in [-0.3, -0.25) is 4.79 Å². The van der Waals surface area contributed by atoms with Gasteiger partial charge in [0, 0.05) is 12.1 Å². The fourth-order valence-corrected chi connectivity index (χ4v) is 1.37. The minimum Gasteiger partial charge on any atom is -0.394 e. The highest BCUT2D eigenvalue weighted by molar-refractivity contribution is 5.41. The summed E-state index contributed by atoms with van der Waals surface area (Å²) in [5.41, 5.74) is 0.431. The molecule has 1 aliphatic rings. The minimum atomic E-state index is -0.951. The van der Waals surface area contributed by atoms with Crippen molar-refractivity contribution in [2.75, 3.05) is 11.9 Å². The van der Waals surface area contributed by atoms with E-state index in [4.69, 9.17) is 5.11 Å². The molecule has 0 spiro atoms. The lowest BCUT2D eigenvalue weighted by Gasteiger charge is -2.09. The van der Waals surface area contributed by atoms with Crippen molar-refractivity contribution in [2.45, 2.75) is 31.5 Å². The first-order chi connectivity index (χ1) is 7.69. The minimum absolute atomic E-state index is 0.0129. The van der Waals surface area contributed by atoms with Crippen LogP contribution in [0.15, 0.2) is 17.1 Å². The second kappa shape index (κ2) is 4.63. The van der Waals surface area contributed by atoms with Gasteiger partial charge in [-0.1, -0.05) is 0 Å². The van der Waals surface area contributed by atoms with Gasteiger partial charge in [-0.25, -0.2) is 4.68 Å². The highest BCUT2D eigenvalue weighted by atomic mass is 16.3. The number of nitrogens with one attached hydrogen (secondary N) is 1. The average molecular weight is 225 g/mol. The third-order valence-corrected chi connectivity index (χ3v) is 2.41. The third kappa shape index (κ3) is 2.80. The van der Waals surface area contributed by atoms with Gasteiger partial charge in [-0.05, 0) is 12.8 Å². The van der Waals surface area contributed by atoms with Crippen LogP contribution in [-0.4, -0.2) is 38.7 Å². The summed E-state index contributed by atoms with van der Waals surface area (Å²) in [7, 11) is 0. The van der Waals surface area contributed by atoms with Gasteiger partial charge in [0.15, 0.2) is 0 Å². The Labute approximate surface area is 92.5 Å². The quantitative estimate of drug-likeness (QED) is 0.609. The Morgan fingerprint density at radius 2 is 2.38 bits per heavy atom. The first-order valence-electron chi connectivity index (χ1n) is 5.31. The monoisotopic (exact) mass is 225 g/mol. The van der Waals surface area contributed by atoms with E-state index >= 15 is 0 Å². The summed E-state index contributed by atoms with van der Waals surface area (Å²) < 4.78 is 1.14. The number of aliphatic hydroxyl groups is 2. The molecule has 1 saturated carbocycles. The van der Waals surface area contributed by atoms with Gasteiger partial charge < -0.3 is 15.5 Å². The molecule has 0 bridgehead atoms. The number of rotatable bonds is 5. The van der Waals surface area contributed by atoms with Crippen LogP contribution < -0.4 is 10.9 Å². The number of nitrogens with zero attached hydrogens (tertiary/aromatic N) is 2. The molecule has 0 radical (unpaired) electrons. The Balaban J connectivity index is 2.06. The standard InChI is InChI=1S/C10H15N3O3/c14-6-9(15)5-13-10(16)3-8(4-11-13)12-7-1-2-7/h3-4,7,9,12,14-15H,1-2,5-6H2. The molecule has 1 fully saturated rings. The lowest BCUT2D eigenvalue weighted by atomic mass is 10.4. The molecule has 1 heterocycles. The van der Waals surface area contributed by atoms with Crippen molar-refractivity contribution in [1.82, 2.24) is 9.78 Å². The molecular formula is C10H15N3O3. The third-order valence-electron chi connectivity index (χ3n) is 2.41. The maximum Gasteiger partial charge on any atom is 0.268 e. The van der Waals surface area contributed by atoms with E-state index in [0.29, 0.717) is 11.7 Å². The van der Waals surface area contributed by atoms with Crippen LogP contribution in [-0.2, 0) is 6.54 Å². The van der Waals surface area contributed by atoms with Gasteiger partial charge >= 0.3 is 0 Å². The van der Waals surface area contributed by atoms with Crippen LogP contribution in [0.25, 0.3) is 0 Å². The van der Waals surface area contributed by atoms with Crippen molar-refractivity contribution in [3.63, 3.8) is 0 Å². The number of anilines is 1. The summed E-state index contributed by atoms with van der Waals surface area (Å²) >= 11 is 0. The summed E-state index contributed by atoms with van der Waals surface area (Å²) in [6, 6.07) is 1.93. The number of aliphatic hydroxyl groups excluding tert-OH is 2. The van der Waals surface area contributed by atoms with E-state index in [2.05, 4.69) is 10.4 Å². The van der Waals surface area contributed by atoms with Crippen molar-refractivity contribution in [1.29, 1.82) is 0 Å². The van der Waals surface area contributed by atoms with Crippen LogP contribution in [0.3, 0.4) is 0 Å². The molecule has 0 saturated heterocycles. The Morgan fingerprint density at radius 3 is 2.94 bits per heavy atom. The first-order valence-corrected chi connectivity index (χ1v) is 5.31. The second-order valence-corrected chi connectivity index (χ2v) is 4.02. The molecule has 0 aromatic carbocycles. The molecule has 88 valence electrons. The molecule has 16 heavy (non-hydrogen) atoms. The second-order valence-electron chi connectivity index (χ2n) is 4.02. The van der Waals surface area contributed by atoms with Gasteiger partial charge in [-0.2, -0.15) is 5.10 Å². The topological polar surface area (TPSA) is 87.4 Å². The van der Waals surface area contributed by atoms with Crippen LogP contribution in [0.5, 0.6) is 0 Å². The maximum atomic E-state index is 11.6. The molecule has 6 nitrogen and oxygen atoms in total. The molecule has 1 aromatic heterocycles. The predicted octanol–water partition coefficient (Wildman–Crippen LogP) is -0.829. The van der Waals surface area contributed by atoms with E-state index in [1.807, 2.05) is 0 Å². The molecule has 0 amide bonds. The van der Waals surface area contributed by atoms with Crippen LogP contribution in [0.1, 0.15) is 12.8 Å². The zero-order chi connectivity index (χ0) is 11.5. The number of aromatic nitrogens is 2. The summed E-state index contributed by atoms with van der Waals surface area (Å²) in [6.45, 7) is -0.366. The van der Waals surface area contributed by atoms with E-state index in [-0.39, 0.29) is 18.7 Å². The lowest BCUT2D eigenvalue weighted by Crippen LogP contribution is -2.30. The smallest absolute Gasteiger partial charge is 0.268 e. The molecule has 2 rings (SSSR count). The molecule has 1 aromatic rings. The zero-order valence-electron chi connectivity index (χ0n) is 8.83. The normalized spacial score (nSPS) is 17.1. The van der Waals surface area contributed by atoms with E-state index in [1.54, 1.807) is 6.20 Å². The van der Waals surface area contributed by atoms with Crippen LogP contribution in [0, 0.1) is 0 Å². The average Bonchev–Trinajstić information content (AvgIpc) is 3.06.